The van der Waals surface area contributed by atoms with E-state index in [-0.39, 0.29) is 10.6 Å². The highest BCUT2D eigenvalue weighted by Gasteiger charge is 2.25. The summed E-state index contributed by atoms with van der Waals surface area (Å²) in [7, 11) is -3.69. The van der Waals surface area contributed by atoms with Gasteiger partial charge in [-0.25, -0.2) is 8.42 Å². The van der Waals surface area contributed by atoms with Crippen molar-refractivity contribution in [3.8, 4) is 0 Å². The van der Waals surface area contributed by atoms with Crippen molar-refractivity contribution in [2.45, 2.75) is 32.1 Å². The van der Waals surface area contributed by atoms with Crippen LogP contribution >= 0.6 is 0 Å². The van der Waals surface area contributed by atoms with Gasteiger partial charge in [-0.05, 0) is 18.6 Å². The molecular weight excluding hydrogens is 294 g/mol. The Bertz CT molecular complexity index is 597. The van der Waals surface area contributed by atoms with Gasteiger partial charge in [0.2, 0.25) is 10.0 Å². The Balaban J connectivity index is 3.28. The molecule has 0 aliphatic carbocycles. The second-order valence-corrected chi connectivity index (χ2v) is 6.39. The van der Waals surface area contributed by atoms with Crippen molar-refractivity contribution >= 4 is 21.4 Å². The molecule has 8 heteroatoms. The quantitative estimate of drug-likeness (QED) is 0.587. The number of rotatable bonds is 8. The van der Waals surface area contributed by atoms with Gasteiger partial charge in [0.15, 0.2) is 0 Å². The number of benzene rings is 1. The smallest absolute Gasteiger partial charge is 0.293 e. The van der Waals surface area contributed by atoms with Gasteiger partial charge in [0.05, 0.1) is 9.82 Å². The van der Waals surface area contributed by atoms with Crippen molar-refractivity contribution in [3.05, 3.63) is 28.3 Å². The van der Waals surface area contributed by atoms with Crippen LogP contribution in [0.4, 0.5) is 11.4 Å². The molecule has 0 bridgehead atoms. The molecule has 21 heavy (non-hydrogen) atoms. The average Bonchev–Trinajstić information content (AvgIpc) is 2.45. The van der Waals surface area contributed by atoms with E-state index in [1.807, 2.05) is 6.92 Å². The van der Waals surface area contributed by atoms with Crippen LogP contribution in [0.3, 0.4) is 0 Å². The first-order chi connectivity index (χ1) is 9.88. The van der Waals surface area contributed by atoms with Crippen molar-refractivity contribution in [2.75, 3.05) is 25.0 Å². The number of nitrogens with zero attached hydrogens (tertiary/aromatic N) is 2. The minimum absolute atomic E-state index is 0.0556. The molecule has 0 aliphatic heterocycles. The maximum atomic E-state index is 12.4. The fourth-order valence-electron chi connectivity index (χ4n) is 1.94. The molecule has 0 heterocycles. The monoisotopic (exact) mass is 315 g/mol. The number of nitro groups is 1. The van der Waals surface area contributed by atoms with Gasteiger partial charge in [0, 0.05) is 25.7 Å². The van der Waals surface area contributed by atoms with Gasteiger partial charge in [-0.2, -0.15) is 4.31 Å². The normalized spacial score (nSPS) is 11.6. The second kappa shape index (κ2) is 7.37. The predicted molar refractivity (Wildman–Crippen MR) is 82.0 cm³/mol. The van der Waals surface area contributed by atoms with E-state index in [1.54, 1.807) is 13.8 Å². The van der Waals surface area contributed by atoms with E-state index in [9.17, 15) is 18.5 Å². The molecule has 0 unspecified atom stereocenters. The molecule has 1 rings (SSSR count). The summed E-state index contributed by atoms with van der Waals surface area (Å²) in [6.45, 7) is 6.63. The van der Waals surface area contributed by atoms with Gasteiger partial charge in [0.1, 0.15) is 5.69 Å². The standard InChI is InChI=1S/C13H21N3O4S/c1-4-9-14-12-8-7-11(10-13(12)16(17)18)21(19,20)15(5-2)6-3/h7-8,10,14H,4-6,9H2,1-3H3. The number of hydrogen-bond acceptors (Lipinski definition) is 5. The topological polar surface area (TPSA) is 92.6 Å². The summed E-state index contributed by atoms with van der Waals surface area (Å²) < 4.78 is 26.0. The third-order valence-electron chi connectivity index (χ3n) is 3.07. The lowest BCUT2D eigenvalue weighted by molar-refractivity contribution is -0.384. The lowest BCUT2D eigenvalue weighted by atomic mass is 10.2. The molecule has 1 aromatic rings. The molecule has 0 aliphatic rings. The van der Waals surface area contributed by atoms with E-state index >= 15 is 0 Å². The minimum Gasteiger partial charge on any atom is -0.380 e. The summed E-state index contributed by atoms with van der Waals surface area (Å²) in [6, 6.07) is 3.97. The largest absolute Gasteiger partial charge is 0.380 e. The molecule has 0 spiro atoms. The Hall–Kier alpha value is -1.67. The maximum absolute atomic E-state index is 12.4. The van der Waals surface area contributed by atoms with Gasteiger partial charge in [-0.1, -0.05) is 20.8 Å². The van der Waals surface area contributed by atoms with Crippen LogP contribution in [0.2, 0.25) is 0 Å². The molecular formula is C13H21N3O4S. The maximum Gasteiger partial charge on any atom is 0.293 e. The molecule has 0 aromatic heterocycles. The second-order valence-electron chi connectivity index (χ2n) is 4.45. The number of hydrogen-bond donors (Lipinski definition) is 1. The van der Waals surface area contributed by atoms with Crippen LogP contribution in [-0.4, -0.2) is 37.3 Å². The highest BCUT2D eigenvalue weighted by Crippen LogP contribution is 2.28. The summed E-state index contributed by atoms with van der Waals surface area (Å²) >= 11 is 0. The van der Waals surface area contributed by atoms with Crippen molar-refractivity contribution in [1.29, 1.82) is 0 Å². The summed E-state index contributed by atoms with van der Waals surface area (Å²) in [6.07, 6.45) is 0.816. The van der Waals surface area contributed by atoms with Crippen molar-refractivity contribution < 1.29 is 13.3 Å². The van der Waals surface area contributed by atoms with E-state index < -0.39 is 14.9 Å². The predicted octanol–water partition coefficient (Wildman–Crippen LogP) is 2.45. The summed E-state index contributed by atoms with van der Waals surface area (Å²) in [5.74, 6) is 0. The van der Waals surface area contributed by atoms with E-state index in [0.717, 1.165) is 12.5 Å². The highest BCUT2D eigenvalue weighted by molar-refractivity contribution is 7.89. The fourth-order valence-corrected chi connectivity index (χ4v) is 3.42. The Kier molecular flexibility index (Phi) is 6.10. The molecule has 1 N–H and O–H groups in total. The van der Waals surface area contributed by atoms with Crippen LogP contribution < -0.4 is 5.32 Å². The van der Waals surface area contributed by atoms with E-state index in [4.69, 9.17) is 0 Å². The van der Waals surface area contributed by atoms with E-state index in [0.29, 0.717) is 25.3 Å². The van der Waals surface area contributed by atoms with Crippen molar-refractivity contribution in [2.24, 2.45) is 0 Å². The molecule has 0 amide bonds. The molecule has 118 valence electrons. The third kappa shape index (κ3) is 3.92. The lowest BCUT2D eigenvalue weighted by Gasteiger charge is -2.18. The Morgan fingerprint density at radius 2 is 1.86 bits per heavy atom. The van der Waals surface area contributed by atoms with Gasteiger partial charge in [-0.3, -0.25) is 10.1 Å². The van der Waals surface area contributed by atoms with E-state index in [2.05, 4.69) is 5.32 Å². The van der Waals surface area contributed by atoms with E-state index in [1.165, 1.54) is 16.4 Å². The first-order valence-corrected chi connectivity index (χ1v) is 8.34. The molecule has 0 radical (unpaired) electrons. The van der Waals surface area contributed by atoms with Crippen molar-refractivity contribution in [1.82, 2.24) is 4.31 Å². The average molecular weight is 315 g/mol. The van der Waals surface area contributed by atoms with Crippen LogP contribution in [0.1, 0.15) is 27.2 Å². The van der Waals surface area contributed by atoms with Crippen LogP contribution in [-0.2, 0) is 10.0 Å². The molecule has 0 saturated heterocycles. The van der Waals surface area contributed by atoms with Crippen LogP contribution in [0, 0.1) is 10.1 Å². The first-order valence-electron chi connectivity index (χ1n) is 6.90. The minimum atomic E-state index is -3.69. The Morgan fingerprint density at radius 3 is 2.33 bits per heavy atom. The van der Waals surface area contributed by atoms with Crippen LogP contribution in [0.25, 0.3) is 0 Å². The SMILES string of the molecule is CCCNc1ccc(S(=O)(=O)N(CC)CC)cc1[N+](=O)[O-]. The molecule has 1 aromatic carbocycles. The number of nitrogens with one attached hydrogen (secondary N) is 1. The zero-order valence-electron chi connectivity index (χ0n) is 12.5. The number of anilines is 1. The van der Waals surface area contributed by atoms with Gasteiger partial charge < -0.3 is 5.32 Å². The molecule has 0 fully saturated rings. The lowest BCUT2D eigenvalue weighted by Crippen LogP contribution is -2.30. The summed E-state index contributed by atoms with van der Waals surface area (Å²) in [4.78, 5) is 10.5. The molecule has 0 atom stereocenters. The molecule has 7 nitrogen and oxygen atoms in total. The Labute approximate surface area is 125 Å². The first kappa shape index (κ1) is 17.4. The Morgan fingerprint density at radius 1 is 1.24 bits per heavy atom. The number of nitro benzene ring substituents is 1. The van der Waals surface area contributed by atoms with Gasteiger partial charge in [-0.15, -0.1) is 0 Å². The van der Waals surface area contributed by atoms with Gasteiger partial charge in [0.25, 0.3) is 5.69 Å². The zero-order chi connectivity index (χ0) is 16.0. The van der Waals surface area contributed by atoms with Crippen LogP contribution in [0.15, 0.2) is 23.1 Å². The molecule has 0 saturated carbocycles. The van der Waals surface area contributed by atoms with Crippen molar-refractivity contribution in [3.63, 3.8) is 0 Å². The third-order valence-corrected chi connectivity index (χ3v) is 5.12. The van der Waals surface area contributed by atoms with Gasteiger partial charge >= 0.3 is 0 Å². The zero-order valence-corrected chi connectivity index (χ0v) is 13.3. The number of sulfonamides is 1. The van der Waals surface area contributed by atoms with Crippen LogP contribution in [0.5, 0.6) is 0 Å². The summed E-state index contributed by atoms with van der Waals surface area (Å²) in [5.41, 5.74) is 0.108. The highest BCUT2D eigenvalue weighted by atomic mass is 32.2. The summed E-state index contributed by atoms with van der Waals surface area (Å²) in [5, 5.41) is 14.1. The fraction of sp³-hybridized carbons (Fsp3) is 0.538.